The first-order valence-corrected chi connectivity index (χ1v) is 12.8. The number of carbonyl (C=O) groups excluding carboxylic acids is 1. The van der Waals surface area contributed by atoms with Crippen LogP contribution >= 0.6 is 0 Å². The minimum absolute atomic E-state index is 0.00392. The van der Waals surface area contributed by atoms with Gasteiger partial charge in [0, 0.05) is 18.8 Å². The molecule has 11 heteroatoms. The average molecular weight is 508 g/mol. The van der Waals surface area contributed by atoms with Crippen LogP contribution < -0.4 is 11.1 Å². The molecule has 2 aromatic carbocycles. The lowest BCUT2D eigenvalue weighted by molar-refractivity contribution is -0.0679. The molecule has 1 amide bonds. The first kappa shape index (κ1) is 26.9. The van der Waals surface area contributed by atoms with Crippen LogP contribution in [0.1, 0.15) is 19.4 Å². The van der Waals surface area contributed by atoms with Gasteiger partial charge in [0.25, 0.3) is 0 Å². The van der Waals surface area contributed by atoms with Gasteiger partial charge in [0.2, 0.25) is 16.3 Å². The molecule has 1 saturated heterocycles. The maximum atomic E-state index is 13.4. The van der Waals surface area contributed by atoms with Crippen LogP contribution in [-0.2, 0) is 30.7 Å². The van der Waals surface area contributed by atoms with Crippen molar-refractivity contribution >= 4 is 21.8 Å². The number of alkyl carbamates (subject to hydrolysis) is 1. The van der Waals surface area contributed by atoms with Crippen molar-refractivity contribution in [1.82, 2.24) is 9.62 Å². The van der Waals surface area contributed by atoms with Crippen molar-refractivity contribution < 1.29 is 32.5 Å². The van der Waals surface area contributed by atoms with Crippen molar-refractivity contribution in [2.24, 2.45) is 5.92 Å². The van der Waals surface area contributed by atoms with Gasteiger partial charge in [-0.25, -0.2) is 13.2 Å². The minimum Gasteiger partial charge on any atom is -0.417 e. The topological polar surface area (TPSA) is 140 Å². The molecule has 0 radical (unpaired) electrons. The second-order valence-electron chi connectivity index (χ2n) is 8.78. The van der Waals surface area contributed by atoms with Gasteiger partial charge >= 0.3 is 6.09 Å². The molecular formula is C24H33N3O7S. The number of sulfonamides is 1. The Morgan fingerprint density at radius 2 is 1.86 bits per heavy atom. The predicted molar refractivity (Wildman–Crippen MR) is 130 cm³/mol. The van der Waals surface area contributed by atoms with E-state index in [-0.39, 0.29) is 43.7 Å². The summed E-state index contributed by atoms with van der Waals surface area (Å²) in [4.78, 5) is 12.6. The Morgan fingerprint density at radius 3 is 2.46 bits per heavy atom. The molecule has 1 heterocycles. The Morgan fingerprint density at radius 1 is 1.17 bits per heavy atom. The van der Waals surface area contributed by atoms with Crippen molar-refractivity contribution in [2.45, 2.75) is 43.6 Å². The number of carbonyl (C=O) groups is 1. The zero-order chi connectivity index (χ0) is 25.4. The van der Waals surface area contributed by atoms with E-state index in [4.69, 9.17) is 19.9 Å². The van der Waals surface area contributed by atoms with E-state index in [2.05, 4.69) is 5.32 Å². The highest BCUT2D eigenvalue weighted by Crippen LogP contribution is 2.20. The molecular weight excluding hydrogens is 474 g/mol. The first-order chi connectivity index (χ1) is 16.6. The summed E-state index contributed by atoms with van der Waals surface area (Å²) >= 11 is 0. The molecule has 0 saturated carbocycles. The van der Waals surface area contributed by atoms with E-state index in [1.807, 2.05) is 44.2 Å². The molecule has 2 aromatic rings. The van der Waals surface area contributed by atoms with Crippen molar-refractivity contribution in [3.05, 3.63) is 60.2 Å². The molecule has 192 valence electrons. The maximum absolute atomic E-state index is 13.4. The standard InChI is InChI=1S/C24H33N3O7S/c1-17(2)13-27(35(30,31)20-10-8-19(25)9-11-20)14-22(28)21(12-18-6-4-3-5-7-18)26-24(29)34-23-15-32-16-33-23/h3-11,17,21-23,28H,12-16,25H2,1-2H3,(H,26,29). The van der Waals surface area contributed by atoms with Gasteiger partial charge < -0.3 is 30.4 Å². The number of ether oxygens (including phenoxy) is 3. The number of nitrogens with two attached hydrogens (primary N) is 1. The molecule has 0 bridgehead atoms. The Balaban J connectivity index is 1.80. The summed E-state index contributed by atoms with van der Waals surface area (Å²) in [6.07, 6.45) is -2.60. The summed E-state index contributed by atoms with van der Waals surface area (Å²) in [6, 6.07) is 14.3. The van der Waals surface area contributed by atoms with Gasteiger partial charge in [0.1, 0.15) is 6.61 Å². The SMILES string of the molecule is CC(C)CN(CC(O)C(Cc1ccccc1)NC(=O)OC1COCO1)S(=O)(=O)c1ccc(N)cc1. The Hall–Kier alpha value is -2.70. The van der Waals surface area contributed by atoms with Crippen LogP contribution in [-0.4, -0.2) is 68.8 Å². The number of aliphatic hydroxyl groups is 1. The molecule has 35 heavy (non-hydrogen) atoms. The van der Waals surface area contributed by atoms with Gasteiger partial charge in [-0.2, -0.15) is 4.31 Å². The maximum Gasteiger partial charge on any atom is 0.409 e. The summed E-state index contributed by atoms with van der Waals surface area (Å²) in [6.45, 7) is 3.87. The molecule has 0 aliphatic carbocycles. The minimum atomic E-state index is -3.92. The number of hydrogen-bond donors (Lipinski definition) is 3. The lowest BCUT2D eigenvalue weighted by atomic mass is 10.0. The van der Waals surface area contributed by atoms with Crippen molar-refractivity contribution in [3.8, 4) is 0 Å². The second-order valence-corrected chi connectivity index (χ2v) is 10.7. The number of amides is 1. The third kappa shape index (κ3) is 7.91. The van der Waals surface area contributed by atoms with Crippen LogP contribution in [0.25, 0.3) is 0 Å². The Bertz CT molecular complexity index is 1040. The van der Waals surface area contributed by atoms with E-state index in [1.54, 1.807) is 0 Å². The monoisotopic (exact) mass is 507 g/mol. The summed E-state index contributed by atoms with van der Waals surface area (Å²) in [7, 11) is -3.92. The highest BCUT2D eigenvalue weighted by molar-refractivity contribution is 7.89. The lowest BCUT2D eigenvalue weighted by Crippen LogP contribution is -2.51. The lowest BCUT2D eigenvalue weighted by Gasteiger charge is -2.30. The molecule has 10 nitrogen and oxygen atoms in total. The van der Waals surface area contributed by atoms with Crippen LogP contribution in [0.15, 0.2) is 59.5 Å². The number of anilines is 1. The van der Waals surface area contributed by atoms with E-state index in [0.29, 0.717) is 5.69 Å². The fourth-order valence-electron chi connectivity index (χ4n) is 3.64. The Kier molecular flexibility index (Phi) is 9.47. The third-order valence-electron chi connectivity index (χ3n) is 5.37. The van der Waals surface area contributed by atoms with Crippen molar-refractivity contribution in [1.29, 1.82) is 0 Å². The molecule has 3 unspecified atom stereocenters. The van der Waals surface area contributed by atoms with E-state index in [0.717, 1.165) is 5.56 Å². The average Bonchev–Trinajstić information content (AvgIpc) is 3.31. The summed E-state index contributed by atoms with van der Waals surface area (Å²) in [5, 5.41) is 13.8. The molecule has 3 rings (SSSR count). The highest BCUT2D eigenvalue weighted by Gasteiger charge is 2.32. The number of nitrogens with zero attached hydrogens (tertiary/aromatic N) is 1. The molecule has 1 aliphatic heterocycles. The molecule has 3 atom stereocenters. The van der Waals surface area contributed by atoms with Crippen molar-refractivity contribution in [3.63, 3.8) is 0 Å². The fraction of sp³-hybridized carbons (Fsp3) is 0.458. The van der Waals surface area contributed by atoms with Crippen LogP contribution in [0.4, 0.5) is 10.5 Å². The quantitative estimate of drug-likeness (QED) is 0.392. The zero-order valence-electron chi connectivity index (χ0n) is 19.9. The number of aliphatic hydroxyl groups excluding tert-OH is 1. The highest BCUT2D eigenvalue weighted by atomic mass is 32.2. The summed E-state index contributed by atoms with van der Waals surface area (Å²) < 4.78 is 43.3. The van der Waals surface area contributed by atoms with Gasteiger partial charge in [-0.3, -0.25) is 0 Å². The van der Waals surface area contributed by atoms with E-state index >= 15 is 0 Å². The Labute approximate surface area is 206 Å². The van der Waals surface area contributed by atoms with Gasteiger partial charge in [0.15, 0.2) is 6.79 Å². The molecule has 0 aromatic heterocycles. The molecule has 1 fully saturated rings. The number of benzene rings is 2. The van der Waals surface area contributed by atoms with Crippen LogP contribution in [0.2, 0.25) is 0 Å². The van der Waals surface area contributed by atoms with Crippen molar-refractivity contribution in [2.75, 3.05) is 32.2 Å². The number of nitrogens with one attached hydrogen (secondary N) is 1. The number of rotatable bonds is 11. The van der Waals surface area contributed by atoms with Gasteiger partial charge in [-0.15, -0.1) is 0 Å². The number of hydrogen-bond acceptors (Lipinski definition) is 8. The van der Waals surface area contributed by atoms with E-state index in [1.165, 1.54) is 28.6 Å². The summed E-state index contributed by atoms with van der Waals surface area (Å²) in [5.41, 5.74) is 7.01. The van der Waals surface area contributed by atoms with Gasteiger partial charge in [-0.1, -0.05) is 44.2 Å². The first-order valence-electron chi connectivity index (χ1n) is 11.4. The van der Waals surface area contributed by atoms with Crippen LogP contribution in [0.3, 0.4) is 0 Å². The fourth-order valence-corrected chi connectivity index (χ4v) is 5.26. The second kappa shape index (κ2) is 12.3. The normalized spacial score (nSPS) is 17.9. The van der Waals surface area contributed by atoms with Crippen LogP contribution in [0, 0.1) is 5.92 Å². The smallest absolute Gasteiger partial charge is 0.409 e. The summed E-state index contributed by atoms with van der Waals surface area (Å²) in [5.74, 6) is -0.00392. The number of nitrogen functional groups attached to an aromatic ring is 1. The molecule has 4 N–H and O–H groups in total. The molecule has 1 aliphatic rings. The van der Waals surface area contributed by atoms with Gasteiger partial charge in [0.05, 0.1) is 17.0 Å². The van der Waals surface area contributed by atoms with Crippen LogP contribution in [0.5, 0.6) is 0 Å². The van der Waals surface area contributed by atoms with E-state index < -0.39 is 34.6 Å². The zero-order valence-corrected chi connectivity index (χ0v) is 20.7. The molecule has 0 spiro atoms. The van der Waals surface area contributed by atoms with E-state index in [9.17, 15) is 18.3 Å². The largest absolute Gasteiger partial charge is 0.417 e. The van der Waals surface area contributed by atoms with Gasteiger partial charge in [-0.05, 0) is 42.2 Å². The predicted octanol–water partition coefficient (Wildman–Crippen LogP) is 1.94. The third-order valence-corrected chi connectivity index (χ3v) is 7.22.